The zero-order valence-corrected chi connectivity index (χ0v) is 15.4. The lowest BCUT2D eigenvalue weighted by atomic mass is 9.92. The molecule has 2 aliphatic rings. The van der Waals surface area contributed by atoms with Gasteiger partial charge in [-0.1, -0.05) is 30.3 Å². The molecular formula is C18H25ClN2O2S. The van der Waals surface area contributed by atoms with E-state index in [9.17, 15) is 9.59 Å². The summed E-state index contributed by atoms with van der Waals surface area (Å²) in [6.45, 7) is 3.95. The number of rotatable bonds is 5. The predicted octanol–water partition coefficient (Wildman–Crippen LogP) is 2.48. The molecule has 0 unspecified atom stereocenters. The number of amides is 1. The molecule has 0 spiro atoms. The van der Waals surface area contributed by atoms with Crippen LogP contribution in [0.4, 0.5) is 0 Å². The first kappa shape index (κ1) is 19.3. The van der Waals surface area contributed by atoms with Crippen molar-refractivity contribution in [3.63, 3.8) is 0 Å². The van der Waals surface area contributed by atoms with Crippen LogP contribution in [0.1, 0.15) is 23.2 Å². The summed E-state index contributed by atoms with van der Waals surface area (Å²) >= 11 is 1.43. The van der Waals surface area contributed by atoms with E-state index in [-0.39, 0.29) is 24.1 Å². The number of likely N-dealkylation sites (tertiary alicyclic amines) is 1. The molecule has 2 fully saturated rings. The highest BCUT2D eigenvalue weighted by Gasteiger charge is 2.31. The van der Waals surface area contributed by atoms with Crippen molar-refractivity contribution < 1.29 is 9.59 Å². The lowest BCUT2D eigenvalue weighted by Crippen LogP contribution is -2.34. The second kappa shape index (κ2) is 9.44. The van der Waals surface area contributed by atoms with Gasteiger partial charge in [-0.05, 0) is 37.8 Å². The third-order valence-corrected chi connectivity index (χ3v) is 5.84. The van der Waals surface area contributed by atoms with Crippen LogP contribution in [-0.2, 0) is 4.79 Å². The first-order valence-electron chi connectivity index (χ1n) is 8.38. The highest BCUT2D eigenvalue weighted by molar-refractivity contribution is 8.00. The molecule has 24 heavy (non-hydrogen) atoms. The summed E-state index contributed by atoms with van der Waals surface area (Å²) in [5.74, 6) is 2.54. The number of hydrogen-bond donors (Lipinski definition) is 1. The molecule has 6 heteroatoms. The molecule has 2 atom stereocenters. The lowest BCUT2D eigenvalue weighted by Gasteiger charge is -2.20. The Morgan fingerprint density at radius 3 is 2.29 bits per heavy atom. The van der Waals surface area contributed by atoms with Gasteiger partial charge in [-0.25, -0.2) is 0 Å². The van der Waals surface area contributed by atoms with Crippen molar-refractivity contribution in [2.45, 2.75) is 12.8 Å². The molecular weight excluding hydrogens is 344 g/mol. The summed E-state index contributed by atoms with van der Waals surface area (Å²) in [5, 5.41) is 3.45. The fraction of sp³-hybridized carbons (Fsp3) is 0.556. The molecule has 0 saturated carbocycles. The SMILES string of the molecule is Cl.O=C(CSCC(=O)N1CC[C@@H]2CNC[C@@H]2CC1)c1ccccc1. The van der Waals surface area contributed by atoms with Crippen molar-refractivity contribution in [3.8, 4) is 0 Å². The van der Waals surface area contributed by atoms with Crippen LogP contribution in [0.3, 0.4) is 0 Å². The maximum absolute atomic E-state index is 12.4. The summed E-state index contributed by atoms with van der Waals surface area (Å²) in [5.41, 5.74) is 0.725. The van der Waals surface area contributed by atoms with Crippen LogP contribution in [0.15, 0.2) is 30.3 Å². The van der Waals surface area contributed by atoms with Crippen molar-refractivity contribution >= 4 is 35.9 Å². The fourth-order valence-electron chi connectivity index (χ4n) is 3.50. The highest BCUT2D eigenvalue weighted by Crippen LogP contribution is 2.27. The number of benzene rings is 1. The molecule has 1 amide bonds. The number of carbonyl (C=O) groups is 2. The van der Waals surface area contributed by atoms with Crippen molar-refractivity contribution in [2.75, 3.05) is 37.7 Å². The third-order valence-electron chi connectivity index (χ3n) is 4.93. The summed E-state index contributed by atoms with van der Waals surface area (Å²) in [4.78, 5) is 26.4. The molecule has 1 aromatic rings. The second-order valence-electron chi connectivity index (χ2n) is 6.42. The van der Waals surface area contributed by atoms with Crippen LogP contribution in [0, 0.1) is 11.8 Å². The minimum atomic E-state index is 0. The molecule has 0 bridgehead atoms. The van der Waals surface area contributed by atoms with Gasteiger partial charge in [0.05, 0.1) is 11.5 Å². The van der Waals surface area contributed by atoms with Crippen LogP contribution in [0.25, 0.3) is 0 Å². The Bertz CT molecular complexity index is 541. The fourth-order valence-corrected chi connectivity index (χ4v) is 4.31. The van der Waals surface area contributed by atoms with Gasteiger partial charge < -0.3 is 10.2 Å². The number of Topliss-reactive ketones (excluding diaryl/α,β-unsaturated/α-hetero) is 1. The Morgan fingerprint density at radius 1 is 1.04 bits per heavy atom. The Kier molecular flexibility index (Phi) is 7.59. The van der Waals surface area contributed by atoms with Gasteiger partial charge in [0.2, 0.25) is 5.91 Å². The molecule has 2 aliphatic heterocycles. The number of carbonyl (C=O) groups excluding carboxylic acids is 2. The molecule has 0 aromatic heterocycles. The van der Waals surface area contributed by atoms with Gasteiger partial charge in [-0.2, -0.15) is 0 Å². The summed E-state index contributed by atoms with van der Waals surface area (Å²) < 4.78 is 0. The van der Waals surface area contributed by atoms with Gasteiger partial charge in [0.1, 0.15) is 0 Å². The molecule has 2 saturated heterocycles. The zero-order valence-electron chi connectivity index (χ0n) is 13.8. The molecule has 132 valence electrons. The van der Waals surface area contributed by atoms with Gasteiger partial charge in [0.25, 0.3) is 0 Å². The summed E-state index contributed by atoms with van der Waals surface area (Å²) in [6, 6.07) is 9.29. The van der Waals surface area contributed by atoms with Crippen molar-refractivity contribution in [3.05, 3.63) is 35.9 Å². The highest BCUT2D eigenvalue weighted by atomic mass is 35.5. The van der Waals surface area contributed by atoms with Crippen LogP contribution < -0.4 is 5.32 Å². The van der Waals surface area contributed by atoms with E-state index in [1.807, 2.05) is 35.2 Å². The Morgan fingerprint density at radius 2 is 1.67 bits per heavy atom. The maximum atomic E-state index is 12.4. The van der Waals surface area contributed by atoms with Crippen molar-refractivity contribution in [2.24, 2.45) is 11.8 Å². The van der Waals surface area contributed by atoms with Gasteiger partial charge in [0.15, 0.2) is 5.78 Å². The smallest absolute Gasteiger partial charge is 0.232 e. The normalized spacial score (nSPS) is 23.1. The minimum absolute atomic E-state index is 0. The van der Waals surface area contributed by atoms with E-state index < -0.39 is 0 Å². The first-order valence-corrected chi connectivity index (χ1v) is 9.54. The topological polar surface area (TPSA) is 49.4 Å². The Labute approximate surface area is 154 Å². The van der Waals surface area contributed by atoms with Crippen molar-refractivity contribution in [1.29, 1.82) is 0 Å². The Balaban J connectivity index is 0.00000208. The van der Waals surface area contributed by atoms with Crippen LogP contribution in [0.2, 0.25) is 0 Å². The average molecular weight is 369 g/mol. The molecule has 0 aliphatic carbocycles. The van der Waals surface area contributed by atoms with Crippen LogP contribution >= 0.6 is 24.2 Å². The molecule has 0 radical (unpaired) electrons. The monoisotopic (exact) mass is 368 g/mol. The van der Waals surface area contributed by atoms with E-state index in [0.717, 1.165) is 56.4 Å². The number of thioether (sulfide) groups is 1. The van der Waals surface area contributed by atoms with E-state index in [1.165, 1.54) is 11.8 Å². The van der Waals surface area contributed by atoms with Crippen LogP contribution in [0.5, 0.6) is 0 Å². The molecule has 3 rings (SSSR count). The van der Waals surface area contributed by atoms with E-state index in [4.69, 9.17) is 0 Å². The number of nitrogens with zero attached hydrogens (tertiary/aromatic N) is 1. The number of hydrogen-bond acceptors (Lipinski definition) is 4. The molecule has 1 N–H and O–H groups in total. The van der Waals surface area contributed by atoms with E-state index >= 15 is 0 Å². The first-order chi connectivity index (χ1) is 11.2. The van der Waals surface area contributed by atoms with Gasteiger partial charge >= 0.3 is 0 Å². The van der Waals surface area contributed by atoms with E-state index in [2.05, 4.69) is 5.32 Å². The standard InChI is InChI=1S/C18H24N2O2S.ClH/c21-17(14-4-2-1-3-5-14)12-23-13-18(22)20-8-6-15-10-19-11-16(15)7-9-20;/h1-5,15-16,19H,6-13H2;1H/t15-,16+;. The second-order valence-corrected chi connectivity index (χ2v) is 7.40. The summed E-state index contributed by atoms with van der Waals surface area (Å²) in [6.07, 6.45) is 2.22. The quantitative estimate of drug-likeness (QED) is 0.811. The van der Waals surface area contributed by atoms with Gasteiger partial charge in [-0.3, -0.25) is 9.59 Å². The maximum Gasteiger partial charge on any atom is 0.232 e. The number of nitrogens with one attached hydrogen (secondary N) is 1. The Hall–Kier alpha value is -1.04. The molecule has 4 nitrogen and oxygen atoms in total. The molecule has 1 aromatic carbocycles. The van der Waals surface area contributed by atoms with E-state index in [0.29, 0.717) is 11.5 Å². The van der Waals surface area contributed by atoms with Crippen LogP contribution in [-0.4, -0.2) is 54.3 Å². The minimum Gasteiger partial charge on any atom is -0.342 e. The average Bonchev–Trinajstić information content (AvgIpc) is 2.93. The van der Waals surface area contributed by atoms with Crippen molar-refractivity contribution in [1.82, 2.24) is 10.2 Å². The van der Waals surface area contributed by atoms with E-state index in [1.54, 1.807) is 0 Å². The summed E-state index contributed by atoms with van der Waals surface area (Å²) in [7, 11) is 0. The predicted molar refractivity (Wildman–Crippen MR) is 101 cm³/mol. The number of fused-ring (bicyclic) bond motifs is 1. The zero-order chi connectivity index (χ0) is 16.1. The molecule has 2 heterocycles. The largest absolute Gasteiger partial charge is 0.342 e. The van der Waals surface area contributed by atoms with Gasteiger partial charge in [-0.15, -0.1) is 24.2 Å². The number of ketones is 1. The van der Waals surface area contributed by atoms with Gasteiger partial charge in [0, 0.05) is 18.7 Å². The lowest BCUT2D eigenvalue weighted by molar-refractivity contribution is -0.128. The number of halogens is 1. The third kappa shape index (κ3) is 4.98.